The highest BCUT2D eigenvalue weighted by molar-refractivity contribution is 7.46. The Hall–Kier alpha value is 0.0700. The highest BCUT2D eigenvalue weighted by Gasteiger charge is 2.43. The molecule has 3 unspecified atom stereocenters. The van der Waals surface area contributed by atoms with Gasteiger partial charge in [-0.05, 0) is 29.6 Å². The van der Waals surface area contributed by atoms with Crippen molar-refractivity contribution in [2.45, 2.75) is 66.6 Å². The van der Waals surface area contributed by atoms with Gasteiger partial charge in [0, 0.05) is 0 Å². The second-order valence-electron chi connectivity index (χ2n) is 7.88. The molecule has 1 rings (SSSR count). The van der Waals surface area contributed by atoms with Crippen LogP contribution < -0.4 is 0 Å². The van der Waals surface area contributed by atoms with E-state index in [1.807, 2.05) is 0 Å². The molecular formula is C14H29O5P. The Kier molecular flexibility index (Phi) is 5.49. The zero-order valence-corrected chi connectivity index (χ0v) is 14.3. The maximum Gasteiger partial charge on any atom is 0.469 e. The van der Waals surface area contributed by atoms with E-state index < -0.39 is 7.82 Å². The molecule has 1 saturated heterocycles. The van der Waals surface area contributed by atoms with Gasteiger partial charge in [-0.15, -0.1) is 0 Å². The lowest BCUT2D eigenvalue weighted by atomic mass is 9.66. The zero-order valence-electron chi connectivity index (χ0n) is 13.4. The number of hydrogen-bond acceptors (Lipinski definition) is 3. The SMILES string of the molecule is CC(C)(C)C1CCC(COP(=O)(O)O)OC1C(C)(C)C. The molecule has 0 aromatic carbocycles. The lowest BCUT2D eigenvalue weighted by molar-refractivity contribution is -0.162. The summed E-state index contributed by atoms with van der Waals surface area (Å²) in [5, 5.41) is 0. The van der Waals surface area contributed by atoms with Crippen molar-refractivity contribution in [3.8, 4) is 0 Å². The summed E-state index contributed by atoms with van der Waals surface area (Å²) in [7, 11) is -4.42. The van der Waals surface area contributed by atoms with Gasteiger partial charge in [0.05, 0.1) is 18.8 Å². The first kappa shape index (κ1) is 18.1. The first-order chi connectivity index (χ1) is 8.81. The van der Waals surface area contributed by atoms with Crippen molar-refractivity contribution in [3.63, 3.8) is 0 Å². The molecule has 0 radical (unpaired) electrons. The molecule has 5 nitrogen and oxygen atoms in total. The lowest BCUT2D eigenvalue weighted by Gasteiger charge is -2.48. The second-order valence-corrected chi connectivity index (χ2v) is 9.12. The summed E-state index contributed by atoms with van der Waals surface area (Å²) in [6, 6.07) is 0. The molecular weight excluding hydrogens is 279 g/mol. The van der Waals surface area contributed by atoms with Gasteiger partial charge in [-0.1, -0.05) is 41.5 Å². The molecule has 1 aliphatic rings. The largest absolute Gasteiger partial charge is 0.469 e. The van der Waals surface area contributed by atoms with Crippen molar-refractivity contribution in [2.24, 2.45) is 16.7 Å². The van der Waals surface area contributed by atoms with Crippen molar-refractivity contribution >= 4 is 7.82 Å². The molecule has 0 aromatic heterocycles. The minimum atomic E-state index is -4.42. The molecule has 3 atom stereocenters. The Morgan fingerprint density at radius 2 is 1.65 bits per heavy atom. The molecule has 1 heterocycles. The van der Waals surface area contributed by atoms with Crippen molar-refractivity contribution in [1.82, 2.24) is 0 Å². The fourth-order valence-electron chi connectivity index (χ4n) is 2.88. The lowest BCUT2D eigenvalue weighted by Crippen LogP contribution is -2.48. The fraction of sp³-hybridized carbons (Fsp3) is 1.00. The van der Waals surface area contributed by atoms with E-state index in [1.165, 1.54) is 0 Å². The van der Waals surface area contributed by atoms with Crippen LogP contribution >= 0.6 is 7.82 Å². The third kappa shape index (κ3) is 5.45. The summed E-state index contributed by atoms with van der Waals surface area (Å²) in [6.45, 7) is 13.0. The van der Waals surface area contributed by atoms with E-state index in [1.54, 1.807) is 0 Å². The van der Waals surface area contributed by atoms with E-state index in [9.17, 15) is 4.57 Å². The van der Waals surface area contributed by atoms with Gasteiger partial charge in [0.1, 0.15) is 0 Å². The Bertz CT molecular complexity index is 363. The highest BCUT2D eigenvalue weighted by atomic mass is 31.2. The summed E-state index contributed by atoms with van der Waals surface area (Å²) < 4.78 is 21.5. The van der Waals surface area contributed by atoms with Crippen LogP contribution in [0.15, 0.2) is 0 Å². The molecule has 1 aliphatic heterocycles. The van der Waals surface area contributed by atoms with Crippen LogP contribution in [0.4, 0.5) is 0 Å². The van der Waals surface area contributed by atoms with Crippen LogP contribution in [0.25, 0.3) is 0 Å². The van der Waals surface area contributed by atoms with Crippen LogP contribution in [0.5, 0.6) is 0 Å². The van der Waals surface area contributed by atoms with Gasteiger partial charge in [0.25, 0.3) is 0 Å². The van der Waals surface area contributed by atoms with Crippen molar-refractivity contribution in [2.75, 3.05) is 6.61 Å². The van der Waals surface area contributed by atoms with E-state index in [2.05, 4.69) is 46.1 Å². The van der Waals surface area contributed by atoms with E-state index in [0.29, 0.717) is 5.92 Å². The maximum atomic E-state index is 10.8. The van der Waals surface area contributed by atoms with Gasteiger partial charge in [0.2, 0.25) is 0 Å². The smallest absolute Gasteiger partial charge is 0.372 e. The van der Waals surface area contributed by atoms with Gasteiger partial charge < -0.3 is 14.5 Å². The molecule has 0 amide bonds. The molecule has 0 saturated carbocycles. The zero-order chi connectivity index (χ0) is 15.8. The van der Waals surface area contributed by atoms with E-state index in [4.69, 9.17) is 14.5 Å². The maximum absolute atomic E-state index is 10.8. The number of phosphoric acid groups is 1. The van der Waals surface area contributed by atoms with E-state index in [-0.39, 0.29) is 29.6 Å². The van der Waals surface area contributed by atoms with E-state index in [0.717, 1.165) is 12.8 Å². The Balaban J connectivity index is 2.75. The first-order valence-corrected chi connectivity index (χ1v) is 8.69. The number of rotatable bonds is 3. The average Bonchev–Trinajstić information content (AvgIpc) is 2.22. The summed E-state index contributed by atoms with van der Waals surface area (Å²) >= 11 is 0. The molecule has 6 heteroatoms. The first-order valence-electron chi connectivity index (χ1n) is 7.16. The number of phosphoric ester groups is 1. The summed E-state index contributed by atoms with van der Waals surface area (Å²) in [5.74, 6) is 0.425. The minimum Gasteiger partial charge on any atom is -0.372 e. The molecule has 120 valence electrons. The van der Waals surface area contributed by atoms with Gasteiger partial charge >= 0.3 is 7.82 Å². The summed E-state index contributed by atoms with van der Waals surface area (Å²) in [5.41, 5.74) is 0.131. The molecule has 0 bridgehead atoms. The van der Waals surface area contributed by atoms with Crippen LogP contribution in [-0.2, 0) is 13.8 Å². The third-order valence-electron chi connectivity index (χ3n) is 3.90. The number of ether oxygens (including phenoxy) is 1. The van der Waals surface area contributed by atoms with Gasteiger partial charge in [-0.3, -0.25) is 4.52 Å². The Morgan fingerprint density at radius 1 is 1.10 bits per heavy atom. The van der Waals surface area contributed by atoms with Crippen molar-refractivity contribution in [3.05, 3.63) is 0 Å². The molecule has 0 spiro atoms. The highest BCUT2D eigenvalue weighted by Crippen LogP contribution is 2.45. The van der Waals surface area contributed by atoms with Crippen LogP contribution in [0.2, 0.25) is 0 Å². The van der Waals surface area contributed by atoms with Crippen LogP contribution in [-0.4, -0.2) is 28.6 Å². The monoisotopic (exact) mass is 308 g/mol. The summed E-state index contributed by atoms with van der Waals surface area (Å²) in [6.07, 6.45) is 1.57. The fourth-order valence-corrected chi connectivity index (χ4v) is 3.25. The number of hydrogen-bond donors (Lipinski definition) is 2. The van der Waals surface area contributed by atoms with Crippen molar-refractivity contribution < 1.29 is 23.6 Å². The molecule has 20 heavy (non-hydrogen) atoms. The molecule has 2 N–H and O–H groups in total. The predicted molar refractivity (Wildman–Crippen MR) is 78.3 cm³/mol. The quantitative estimate of drug-likeness (QED) is 0.782. The minimum absolute atomic E-state index is 0.0151. The van der Waals surface area contributed by atoms with Gasteiger partial charge in [-0.25, -0.2) is 4.57 Å². The Morgan fingerprint density at radius 3 is 2.05 bits per heavy atom. The second kappa shape index (κ2) is 6.05. The average molecular weight is 308 g/mol. The van der Waals surface area contributed by atoms with Crippen LogP contribution in [0.1, 0.15) is 54.4 Å². The van der Waals surface area contributed by atoms with Crippen molar-refractivity contribution in [1.29, 1.82) is 0 Å². The predicted octanol–water partition coefficient (Wildman–Crippen LogP) is 3.35. The Labute approximate surface area is 122 Å². The normalized spacial score (nSPS) is 29.5. The molecule has 0 aromatic rings. The molecule has 0 aliphatic carbocycles. The molecule has 1 fully saturated rings. The third-order valence-corrected chi connectivity index (χ3v) is 4.38. The van der Waals surface area contributed by atoms with Crippen LogP contribution in [0.3, 0.4) is 0 Å². The van der Waals surface area contributed by atoms with Gasteiger partial charge in [-0.2, -0.15) is 0 Å². The standard InChI is InChI=1S/C14H29O5P/c1-13(2,3)11-8-7-10(9-18-20(15,16)17)19-12(11)14(4,5)6/h10-12H,7-9H2,1-6H3,(H2,15,16,17). The van der Waals surface area contributed by atoms with Gasteiger partial charge in [0.15, 0.2) is 0 Å². The van der Waals surface area contributed by atoms with Crippen LogP contribution in [0, 0.1) is 16.7 Å². The topological polar surface area (TPSA) is 76.0 Å². The van der Waals surface area contributed by atoms with E-state index >= 15 is 0 Å². The summed E-state index contributed by atoms with van der Waals surface area (Å²) in [4.78, 5) is 17.6.